The van der Waals surface area contributed by atoms with Gasteiger partial charge in [0.05, 0.1) is 11.6 Å². The van der Waals surface area contributed by atoms with Crippen LogP contribution in [-0.2, 0) is 4.79 Å². The standard InChI is InChI=1S/C25H17ClN2O4/c1-14-4-2-6-18(10-14)28-22(15-5-3-9-27-13-15)21(24(30)25(28)31)23(29)20-12-16-11-17(26)7-8-19(16)32-20/h2-13,22,30H,1H3. The molecular formula is C25H17ClN2O4. The van der Waals surface area contributed by atoms with Crippen LogP contribution in [-0.4, -0.2) is 21.8 Å². The van der Waals surface area contributed by atoms with Crippen molar-refractivity contribution in [2.24, 2.45) is 0 Å². The number of benzene rings is 2. The van der Waals surface area contributed by atoms with E-state index in [1.165, 1.54) is 4.90 Å². The largest absolute Gasteiger partial charge is 0.503 e. The average Bonchev–Trinajstić information content (AvgIpc) is 3.32. The number of furan rings is 1. The lowest BCUT2D eigenvalue weighted by Gasteiger charge is -2.26. The number of aliphatic hydroxyl groups excluding tert-OH is 1. The Kier molecular flexibility index (Phi) is 4.79. The van der Waals surface area contributed by atoms with E-state index in [1.807, 2.05) is 25.1 Å². The number of aryl methyl sites for hydroxylation is 1. The van der Waals surface area contributed by atoms with Gasteiger partial charge in [-0.05, 0) is 60.5 Å². The molecule has 0 saturated carbocycles. The molecule has 5 rings (SSSR count). The SMILES string of the molecule is Cc1cccc(N2C(=O)C(O)=C(C(=O)c3cc4cc(Cl)ccc4o3)C2c2cccnc2)c1. The highest BCUT2D eigenvalue weighted by Gasteiger charge is 2.45. The van der Waals surface area contributed by atoms with E-state index in [4.69, 9.17) is 16.0 Å². The highest BCUT2D eigenvalue weighted by Crippen LogP contribution is 2.42. The van der Waals surface area contributed by atoms with Crippen molar-refractivity contribution in [3.8, 4) is 0 Å². The quantitative estimate of drug-likeness (QED) is 0.416. The number of pyridine rings is 1. The molecular weight excluding hydrogens is 428 g/mol. The number of fused-ring (bicyclic) bond motifs is 1. The lowest BCUT2D eigenvalue weighted by Crippen LogP contribution is -2.31. The minimum atomic E-state index is -0.859. The molecule has 1 atom stereocenters. The van der Waals surface area contributed by atoms with Gasteiger partial charge < -0.3 is 9.52 Å². The molecule has 4 aromatic rings. The van der Waals surface area contributed by atoms with E-state index in [9.17, 15) is 14.7 Å². The third-order valence-corrected chi connectivity index (χ3v) is 5.67. The molecule has 2 aromatic carbocycles. The van der Waals surface area contributed by atoms with Gasteiger partial charge in [-0.2, -0.15) is 0 Å². The van der Waals surface area contributed by atoms with Crippen LogP contribution in [0, 0.1) is 6.92 Å². The van der Waals surface area contributed by atoms with Crippen molar-refractivity contribution in [1.29, 1.82) is 0 Å². The molecule has 158 valence electrons. The summed E-state index contributed by atoms with van der Waals surface area (Å²) in [6.07, 6.45) is 3.18. The monoisotopic (exact) mass is 444 g/mol. The maximum absolute atomic E-state index is 13.5. The number of carbonyl (C=O) groups is 2. The number of nitrogens with zero attached hydrogens (tertiary/aromatic N) is 2. The van der Waals surface area contributed by atoms with Crippen molar-refractivity contribution in [3.05, 3.63) is 106 Å². The van der Waals surface area contributed by atoms with E-state index in [1.54, 1.807) is 54.9 Å². The zero-order valence-corrected chi connectivity index (χ0v) is 17.7. The van der Waals surface area contributed by atoms with Gasteiger partial charge in [0.2, 0.25) is 5.78 Å². The van der Waals surface area contributed by atoms with Gasteiger partial charge in [-0.3, -0.25) is 19.5 Å². The number of Topliss-reactive ketones (excluding diaryl/α,β-unsaturated/α-hetero) is 1. The first-order valence-electron chi connectivity index (χ1n) is 9.91. The van der Waals surface area contributed by atoms with Crippen molar-refractivity contribution in [3.63, 3.8) is 0 Å². The first-order valence-corrected chi connectivity index (χ1v) is 10.3. The molecule has 0 saturated heterocycles. The molecule has 1 aliphatic heterocycles. The fraction of sp³-hybridized carbons (Fsp3) is 0.0800. The van der Waals surface area contributed by atoms with E-state index in [0.717, 1.165) is 5.56 Å². The Hall–Kier alpha value is -3.90. The van der Waals surface area contributed by atoms with Gasteiger partial charge in [-0.25, -0.2) is 0 Å². The van der Waals surface area contributed by atoms with E-state index in [0.29, 0.717) is 27.2 Å². The molecule has 0 fully saturated rings. The van der Waals surface area contributed by atoms with Gasteiger partial charge >= 0.3 is 0 Å². The number of amides is 1. The zero-order valence-electron chi connectivity index (χ0n) is 16.9. The van der Waals surface area contributed by atoms with Gasteiger partial charge in [0, 0.05) is 28.5 Å². The predicted octanol–water partition coefficient (Wildman–Crippen LogP) is 5.57. The van der Waals surface area contributed by atoms with Gasteiger partial charge in [-0.1, -0.05) is 29.8 Å². The molecule has 3 heterocycles. The summed E-state index contributed by atoms with van der Waals surface area (Å²) < 4.78 is 5.73. The molecule has 0 spiro atoms. The number of hydrogen-bond donors (Lipinski definition) is 1. The van der Waals surface area contributed by atoms with E-state index < -0.39 is 23.5 Å². The van der Waals surface area contributed by atoms with Crippen molar-refractivity contribution >= 4 is 39.9 Å². The highest BCUT2D eigenvalue weighted by atomic mass is 35.5. The van der Waals surface area contributed by atoms with Crippen LogP contribution in [0.5, 0.6) is 0 Å². The fourth-order valence-electron chi connectivity index (χ4n) is 3.99. The van der Waals surface area contributed by atoms with Crippen molar-refractivity contribution < 1.29 is 19.1 Å². The van der Waals surface area contributed by atoms with Crippen LogP contribution < -0.4 is 4.90 Å². The van der Waals surface area contributed by atoms with Crippen LogP contribution in [0.4, 0.5) is 5.69 Å². The van der Waals surface area contributed by atoms with Crippen LogP contribution in [0.3, 0.4) is 0 Å². The molecule has 1 N–H and O–H groups in total. The third kappa shape index (κ3) is 3.25. The molecule has 1 amide bonds. The molecule has 1 aliphatic rings. The van der Waals surface area contributed by atoms with Gasteiger partial charge in [0.1, 0.15) is 5.58 Å². The number of ketones is 1. The second-order valence-corrected chi connectivity index (χ2v) is 8.02. The number of anilines is 1. The molecule has 6 nitrogen and oxygen atoms in total. The molecule has 2 aromatic heterocycles. The summed E-state index contributed by atoms with van der Waals surface area (Å²) in [5.74, 6) is -1.83. The Morgan fingerprint density at radius 1 is 1.12 bits per heavy atom. The summed E-state index contributed by atoms with van der Waals surface area (Å²) >= 11 is 6.05. The Morgan fingerprint density at radius 3 is 2.72 bits per heavy atom. The second-order valence-electron chi connectivity index (χ2n) is 7.59. The normalized spacial score (nSPS) is 16.2. The van der Waals surface area contributed by atoms with Crippen LogP contribution in [0.25, 0.3) is 11.0 Å². The van der Waals surface area contributed by atoms with Gasteiger partial charge in [0.25, 0.3) is 5.91 Å². The lowest BCUT2D eigenvalue weighted by molar-refractivity contribution is -0.117. The predicted molar refractivity (Wildman–Crippen MR) is 121 cm³/mol. The van der Waals surface area contributed by atoms with Gasteiger partial charge in [0.15, 0.2) is 11.5 Å². The molecule has 32 heavy (non-hydrogen) atoms. The second kappa shape index (κ2) is 7.66. The Balaban J connectivity index is 1.66. The first-order chi connectivity index (χ1) is 15.4. The summed E-state index contributed by atoms with van der Waals surface area (Å²) in [6.45, 7) is 1.90. The smallest absolute Gasteiger partial charge is 0.294 e. The number of carbonyl (C=O) groups excluding carboxylic acids is 2. The van der Waals surface area contributed by atoms with Gasteiger partial charge in [-0.15, -0.1) is 0 Å². The van der Waals surface area contributed by atoms with Crippen molar-refractivity contribution in [2.45, 2.75) is 13.0 Å². The fourth-order valence-corrected chi connectivity index (χ4v) is 4.17. The van der Waals surface area contributed by atoms with Crippen LogP contribution in [0.1, 0.15) is 27.7 Å². The Morgan fingerprint density at radius 2 is 1.97 bits per heavy atom. The molecule has 0 radical (unpaired) electrons. The highest BCUT2D eigenvalue weighted by molar-refractivity contribution is 6.31. The topological polar surface area (TPSA) is 83.6 Å². The van der Waals surface area contributed by atoms with Crippen LogP contribution >= 0.6 is 11.6 Å². The number of aliphatic hydroxyl groups is 1. The summed E-state index contributed by atoms with van der Waals surface area (Å²) in [6, 6.07) is 16.5. The number of aromatic nitrogens is 1. The average molecular weight is 445 g/mol. The summed E-state index contributed by atoms with van der Waals surface area (Å²) in [7, 11) is 0. The number of hydrogen-bond acceptors (Lipinski definition) is 5. The van der Waals surface area contributed by atoms with E-state index in [2.05, 4.69) is 4.98 Å². The Bertz CT molecular complexity index is 1410. The zero-order chi connectivity index (χ0) is 22.4. The molecule has 1 unspecified atom stereocenters. The van der Waals surface area contributed by atoms with Crippen LogP contribution in [0.2, 0.25) is 5.02 Å². The third-order valence-electron chi connectivity index (χ3n) is 5.43. The molecule has 7 heteroatoms. The number of rotatable bonds is 4. The summed E-state index contributed by atoms with van der Waals surface area (Å²) in [5.41, 5.74) is 2.52. The van der Waals surface area contributed by atoms with Crippen molar-refractivity contribution in [1.82, 2.24) is 4.98 Å². The minimum absolute atomic E-state index is 0.0107. The summed E-state index contributed by atoms with van der Waals surface area (Å²) in [4.78, 5) is 32.3. The van der Waals surface area contributed by atoms with Crippen LogP contribution in [0.15, 0.2) is 88.8 Å². The Labute approximate surface area is 188 Å². The molecule has 0 aliphatic carbocycles. The lowest BCUT2D eigenvalue weighted by atomic mass is 9.95. The van der Waals surface area contributed by atoms with E-state index in [-0.39, 0.29) is 11.3 Å². The molecule has 0 bridgehead atoms. The van der Waals surface area contributed by atoms with Crippen molar-refractivity contribution in [2.75, 3.05) is 4.90 Å². The summed E-state index contributed by atoms with van der Waals surface area (Å²) in [5, 5.41) is 12.0. The van der Waals surface area contributed by atoms with E-state index >= 15 is 0 Å². The minimum Gasteiger partial charge on any atom is -0.503 e. The number of halogens is 1. The maximum Gasteiger partial charge on any atom is 0.294 e. The maximum atomic E-state index is 13.5. The first kappa shape index (κ1) is 20.0.